The molecular formula is C10H18O7S. The first-order valence-electron chi connectivity index (χ1n) is 5.46. The molecule has 7 nitrogen and oxygen atoms in total. The van der Waals surface area contributed by atoms with Gasteiger partial charge in [0.25, 0.3) is 10.1 Å². The molecule has 0 heterocycles. The van der Waals surface area contributed by atoms with Crippen LogP contribution in [0.1, 0.15) is 12.8 Å². The molecule has 0 radical (unpaired) electrons. The molecule has 0 aliphatic heterocycles. The van der Waals surface area contributed by atoms with Crippen molar-refractivity contribution in [2.24, 2.45) is 11.3 Å². The molecule has 8 heteroatoms. The van der Waals surface area contributed by atoms with Crippen molar-refractivity contribution in [3.63, 3.8) is 0 Å². The SMILES string of the molecule is COC(=O)[C@H]1C[C@@H](OS(C)(=O)=O)CC1(CO)CO. The van der Waals surface area contributed by atoms with Gasteiger partial charge < -0.3 is 14.9 Å². The highest BCUT2D eigenvalue weighted by Crippen LogP contribution is 2.45. The zero-order chi connectivity index (χ0) is 14.0. The number of carbonyl (C=O) groups is 1. The van der Waals surface area contributed by atoms with E-state index in [0.29, 0.717) is 0 Å². The molecule has 0 amide bonds. The van der Waals surface area contributed by atoms with E-state index in [1.165, 1.54) is 7.11 Å². The first-order valence-corrected chi connectivity index (χ1v) is 7.27. The van der Waals surface area contributed by atoms with Gasteiger partial charge in [-0.25, -0.2) is 0 Å². The fourth-order valence-corrected chi connectivity index (χ4v) is 3.04. The van der Waals surface area contributed by atoms with E-state index >= 15 is 0 Å². The quantitative estimate of drug-likeness (QED) is 0.485. The molecule has 1 fully saturated rings. The molecule has 1 saturated carbocycles. The van der Waals surface area contributed by atoms with Gasteiger partial charge in [0.15, 0.2) is 0 Å². The van der Waals surface area contributed by atoms with Crippen LogP contribution < -0.4 is 0 Å². The van der Waals surface area contributed by atoms with Crippen LogP contribution in [0.2, 0.25) is 0 Å². The molecular weight excluding hydrogens is 264 g/mol. The highest BCUT2D eigenvalue weighted by atomic mass is 32.2. The fraction of sp³-hybridized carbons (Fsp3) is 0.900. The molecule has 1 aliphatic carbocycles. The minimum atomic E-state index is -3.65. The smallest absolute Gasteiger partial charge is 0.309 e. The molecule has 0 bridgehead atoms. The van der Waals surface area contributed by atoms with Gasteiger partial charge in [0.2, 0.25) is 0 Å². The van der Waals surface area contributed by atoms with Gasteiger partial charge in [-0.05, 0) is 12.8 Å². The second-order valence-corrected chi connectivity index (χ2v) is 6.22. The van der Waals surface area contributed by atoms with Gasteiger partial charge in [0, 0.05) is 5.41 Å². The topological polar surface area (TPSA) is 110 Å². The Labute approximate surface area is 106 Å². The van der Waals surface area contributed by atoms with Crippen LogP contribution in [0.3, 0.4) is 0 Å². The third kappa shape index (κ3) is 3.19. The highest BCUT2D eigenvalue weighted by Gasteiger charge is 2.52. The summed E-state index contributed by atoms with van der Waals surface area (Å²) in [5, 5.41) is 18.7. The predicted octanol–water partition coefficient (Wildman–Crippen LogP) is -1.11. The largest absolute Gasteiger partial charge is 0.469 e. The first kappa shape index (κ1) is 15.4. The Morgan fingerprint density at radius 1 is 1.39 bits per heavy atom. The fourth-order valence-electron chi connectivity index (χ4n) is 2.40. The predicted molar refractivity (Wildman–Crippen MR) is 61.1 cm³/mol. The number of rotatable bonds is 5. The second kappa shape index (κ2) is 5.52. The van der Waals surface area contributed by atoms with Crippen molar-refractivity contribution < 1.29 is 32.3 Å². The molecule has 0 aromatic heterocycles. The summed E-state index contributed by atoms with van der Waals surface area (Å²) in [5.74, 6) is -1.36. The molecule has 0 spiro atoms. The summed E-state index contributed by atoms with van der Waals surface area (Å²) < 4.78 is 31.5. The maximum absolute atomic E-state index is 11.6. The number of carbonyl (C=O) groups excluding carboxylic acids is 1. The van der Waals surface area contributed by atoms with E-state index in [2.05, 4.69) is 4.74 Å². The average molecular weight is 282 g/mol. The van der Waals surface area contributed by atoms with E-state index in [1.807, 2.05) is 0 Å². The van der Waals surface area contributed by atoms with Crippen molar-refractivity contribution >= 4 is 16.1 Å². The number of aliphatic hydroxyl groups is 2. The minimum absolute atomic E-state index is 0.0901. The van der Waals surface area contributed by atoms with Gasteiger partial charge in [0.05, 0.1) is 38.6 Å². The number of hydrogen-bond acceptors (Lipinski definition) is 7. The summed E-state index contributed by atoms with van der Waals surface area (Å²) in [4.78, 5) is 11.6. The van der Waals surface area contributed by atoms with Gasteiger partial charge >= 0.3 is 5.97 Å². The van der Waals surface area contributed by atoms with E-state index in [0.717, 1.165) is 6.26 Å². The summed E-state index contributed by atoms with van der Waals surface area (Å²) >= 11 is 0. The standard InChI is InChI=1S/C10H18O7S/c1-16-9(13)8-3-7(17-18(2,14)15)4-10(8,5-11)6-12/h7-8,11-12H,3-6H2,1-2H3/t7-,8-/m1/s1. The molecule has 0 unspecified atom stereocenters. The molecule has 1 rings (SSSR count). The van der Waals surface area contributed by atoms with Crippen LogP contribution in [0, 0.1) is 11.3 Å². The average Bonchev–Trinajstić information content (AvgIpc) is 2.65. The van der Waals surface area contributed by atoms with E-state index in [9.17, 15) is 23.4 Å². The molecule has 0 aromatic rings. The van der Waals surface area contributed by atoms with Gasteiger partial charge in [-0.3, -0.25) is 8.98 Å². The second-order valence-electron chi connectivity index (χ2n) is 4.62. The monoisotopic (exact) mass is 282 g/mol. The Balaban J connectivity index is 2.92. The molecule has 2 atom stereocenters. The van der Waals surface area contributed by atoms with E-state index in [1.54, 1.807) is 0 Å². The van der Waals surface area contributed by atoms with Crippen LogP contribution in [-0.2, 0) is 23.8 Å². The summed E-state index contributed by atoms with van der Waals surface area (Å²) in [5.41, 5.74) is -1.09. The maximum Gasteiger partial charge on any atom is 0.309 e. The first-order chi connectivity index (χ1) is 8.28. The highest BCUT2D eigenvalue weighted by molar-refractivity contribution is 7.86. The van der Waals surface area contributed by atoms with Gasteiger partial charge in [-0.2, -0.15) is 8.42 Å². The van der Waals surface area contributed by atoms with Crippen LogP contribution in [-0.4, -0.2) is 57.3 Å². The van der Waals surface area contributed by atoms with Crippen molar-refractivity contribution in [2.75, 3.05) is 26.6 Å². The third-order valence-electron chi connectivity index (χ3n) is 3.30. The number of esters is 1. The van der Waals surface area contributed by atoms with E-state index < -0.39 is 46.7 Å². The van der Waals surface area contributed by atoms with Crippen molar-refractivity contribution in [1.29, 1.82) is 0 Å². The zero-order valence-electron chi connectivity index (χ0n) is 10.3. The molecule has 2 N–H and O–H groups in total. The van der Waals surface area contributed by atoms with Gasteiger partial charge in [-0.15, -0.1) is 0 Å². The molecule has 0 saturated heterocycles. The minimum Gasteiger partial charge on any atom is -0.469 e. The third-order valence-corrected chi connectivity index (χ3v) is 3.92. The van der Waals surface area contributed by atoms with E-state index in [4.69, 9.17) is 4.18 Å². The molecule has 1 aliphatic rings. The summed E-state index contributed by atoms with van der Waals surface area (Å²) in [6, 6.07) is 0. The normalized spacial score (nSPS) is 27.1. The Morgan fingerprint density at radius 3 is 2.33 bits per heavy atom. The lowest BCUT2D eigenvalue weighted by Gasteiger charge is -2.29. The van der Waals surface area contributed by atoms with Crippen LogP contribution in [0.4, 0.5) is 0 Å². The van der Waals surface area contributed by atoms with Crippen LogP contribution in [0.5, 0.6) is 0 Å². The van der Waals surface area contributed by atoms with Gasteiger partial charge in [-0.1, -0.05) is 0 Å². The Hall–Kier alpha value is -0.700. The number of methoxy groups -OCH3 is 1. The molecule has 106 valence electrons. The summed E-state index contributed by atoms with van der Waals surface area (Å²) in [6.07, 6.45) is 0.370. The lowest BCUT2D eigenvalue weighted by atomic mass is 9.79. The van der Waals surface area contributed by atoms with Crippen LogP contribution in [0.15, 0.2) is 0 Å². The van der Waals surface area contributed by atoms with E-state index in [-0.39, 0.29) is 12.8 Å². The van der Waals surface area contributed by atoms with Crippen molar-refractivity contribution in [3.8, 4) is 0 Å². The number of hydrogen-bond donors (Lipinski definition) is 2. The number of ether oxygens (including phenoxy) is 1. The Bertz CT molecular complexity index is 398. The number of aliphatic hydroxyl groups excluding tert-OH is 2. The lowest BCUT2D eigenvalue weighted by Crippen LogP contribution is -2.38. The molecule has 0 aromatic carbocycles. The van der Waals surface area contributed by atoms with Crippen molar-refractivity contribution in [2.45, 2.75) is 18.9 Å². The zero-order valence-corrected chi connectivity index (χ0v) is 11.1. The lowest BCUT2D eigenvalue weighted by molar-refractivity contribution is -0.152. The van der Waals surface area contributed by atoms with Crippen LogP contribution >= 0.6 is 0 Å². The summed E-state index contributed by atoms with van der Waals surface area (Å²) in [7, 11) is -2.44. The Kier molecular flexibility index (Phi) is 4.71. The molecule has 18 heavy (non-hydrogen) atoms. The van der Waals surface area contributed by atoms with Crippen molar-refractivity contribution in [3.05, 3.63) is 0 Å². The Morgan fingerprint density at radius 2 is 1.94 bits per heavy atom. The van der Waals surface area contributed by atoms with Crippen molar-refractivity contribution in [1.82, 2.24) is 0 Å². The van der Waals surface area contributed by atoms with Gasteiger partial charge in [0.1, 0.15) is 0 Å². The maximum atomic E-state index is 11.6. The van der Waals surface area contributed by atoms with Crippen LogP contribution in [0.25, 0.3) is 0 Å². The summed E-state index contributed by atoms with van der Waals surface area (Å²) in [6.45, 7) is -0.875.